The summed E-state index contributed by atoms with van der Waals surface area (Å²) in [5, 5.41) is 3.55. The maximum absolute atomic E-state index is 6.16. The molecule has 2 aromatic rings. The predicted octanol–water partition coefficient (Wildman–Crippen LogP) is 3.31. The molecule has 1 atom stereocenters. The van der Waals surface area contributed by atoms with Crippen LogP contribution in [-0.2, 0) is 19.3 Å². The number of nitrogens with zero attached hydrogens (tertiary/aromatic N) is 1. The van der Waals surface area contributed by atoms with Crippen molar-refractivity contribution in [2.24, 2.45) is 0 Å². The van der Waals surface area contributed by atoms with E-state index in [1.54, 1.807) is 21.3 Å². The van der Waals surface area contributed by atoms with E-state index in [9.17, 15) is 0 Å². The molecule has 0 heterocycles. The SMILES string of the molecule is COc1ccc2c(c1)CC(N(C)CCCNCCc1cc(OC)c(OC)cc1N)CC2. The third-order valence-corrected chi connectivity index (χ3v) is 6.32. The van der Waals surface area contributed by atoms with E-state index in [1.807, 2.05) is 12.1 Å². The lowest BCUT2D eigenvalue weighted by Gasteiger charge is -2.32. The Labute approximate surface area is 186 Å². The van der Waals surface area contributed by atoms with Gasteiger partial charge in [-0.15, -0.1) is 0 Å². The molecular formula is C25H37N3O3. The van der Waals surface area contributed by atoms with Crippen LogP contribution < -0.4 is 25.3 Å². The first-order chi connectivity index (χ1) is 15.0. The van der Waals surface area contributed by atoms with Crippen molar-refractivity contribution < 1.29 is 14.2 Å². The monoisotopic (exact) mass is 427 g/mol. The standard InChI is InChI=1S/C25H37N3O3/c1-28(21-8-6-18-7-9-22(29-2)15-20(18)14-21)13-5-11-27-12-10-19-16-24(30-3)25(31-4)17-23(19)26/h7,9,15-17,21,27H,5-6,8,10-14,26H2,1-4H3. The minimum Gasteiger partial charge on any atom is -0.497 e. The number of nitrogen functional groups attached to an aromatic ring is 1. The Bertz CT molecular complexity index is 856. The Morgan fingerprint density at radius 3 is 2.52 bits per heavy atom. The molecule has 0 radical (unpaired) electrons. The number of aryl methyl sites for hydroxylation is 1. The van der Waals surface area contributed by atoms with Crippen molar-refractivity contribution in [3.05, 3.63) is 47.0 Å². The van der Waals surface area contributed by atoms with Crippen LogP contribution in [0.2, 0.25) is 0 Å². The first-order valence-electron chi connectivity index (χ1n) is 11.1. The van der Waals surface area contributed by atoms with Crippen molar-refractivity contribution in [2.45, 2.75) is 38.1 Å². The van der Waals surface area contributed by atoms with Gasteiger partial charge in [0.25, 0.3) is 0 Å². The Kier molecular flexibility index (Phi) is 8.43. The summed E-state index contributed by atoms with van der Waals surface area (Å²) in [6.45, 7) is 2.98. The van der Waals surface area contributed by atoms with Gasteiger partial charge in [0.1, 0.15) is 5.75 Å². The molecule has 1 aliphatic carbocycles. The molecule has 0 aliphatic heterocycles. The third-order valence-electron chi connectivity index (χ3n) is 6.32. The number of likely N-dealkylation sites (N-methyl/N-ethyl adjacent to an activating group) is 1. The molecule has 6 nitrogen and oxygen atoms in total. The van der Waals surface area contributed by atoms with Gasteiger partial charge in [-0.25, -0.2) is 0 Å². The van der Waals surface area contributed by atoms with Crippen LogP contribution >= 0.6 is 0 Å². The number of nitrogens with one attached hydrogen (secondary N) is 1. The molecule has 0 aromatic heterocycles. The molecule has 1 aliphatic rings. The molecule has 2 aromatic carbocycles. The number of hydrogen-bond acceptors (Lipinski definition) is 6. The fourth-order valence-corrected chi connectivity index (χ4v) is 4.35. The van der Waals surface area contributed by atoms with E-state index in [0.717, 1.165) is 68.1 Å². The van der Waals surface area contributed by atoms with Gasteiger partial charge in [-0.1, -0.05) is 6.07 Å². The topological polar surface area (TPSA) is 69.0 Å². The van der Waals surface area contributed by atoms with E-state index in [1.165, 1.54) is 17.5 Å². The van der Waals surface area contributed by atoms with Crippen LogP contribution in [0.15, 0.2) is 30.3 Å². The molecule has 1 unspecified atom stereocenters. The number of anilines is 1. The van der Waals surface area contributed by atoms with E-state index in [2.05, 4.69) is 35.5 Å². The van der Waals surface area contributed by atoms with Crippen LogP contribution in [0.5, 0.6) is 17.2 Å². The third kappa shape index (κ3) is 6.05. The van der Waals surface area contributed by atoms with Crippen molar-refractivity contribution in [1.29, 1.82) is 0 Å². The second-order valence-corrected chi connectivity index (χ2v) is 8.27. The zero-order valence-corrected chi connectivity index (χ0v) is 19.4. The van der Waals surface area contributed by atoms with E-state index in [0.29, 0.717) is 11.8 Å². The lowest BCUT2D eigenvalue weighted by molar-refractivity contribution is 0.219. The summed E-state index contributed by atoms with van der Waals surface area (Å²) >= 11 is 0. The van der Waals surface area contributed by atoms with Crippen LogP contribution in [0, 0.1) is 0 Å². The van der Waals surface area contributed by atoms with Gasteiger partial charge in [-0.2, -0.15) is 0 Å². The van der Waals surface area contributed by atoms with Gasteiger partial charge in [-0.05, 0) is 93.7 Å². The second-order valence-electron chi connectivity index (χ2n) is 8.27. The second kappa shape index (κ2) is 11.3. The summed E-state index contributed by atoms with van der Waals surface area (Å²) < 4.78 is 16.1. The zero-order chi connectivity index (χ0) is 22.2. The molecule has 31 heavy (non-hydrogen) atoms. The number of benzene rings is 2. The van der Waals surface area contributed by atoms with Gasteiger partial charge in [0.05, 0.1) is 21.3 Å². The normalized spacial score (nSPS) is 15.6. The number of hydrogen-bond donors (Lipinski definition) is 2. The lowest BCUT2D eigenvalue weighted by atomic mass is 9.87. The van der Waals surface area contributed by atoms with Crippen LogP contribution in [-0.4, -0.2) is 59.0 Å². The number of methoxy groups -OCH3 is 3. The zero-order valence-electron chi connectivity index (χ0n) is 19.4. The lowest BCUT2D eigenvalue weighted by Crippen LogP contribution is -2.38. The Hall–Kier alpha value is -2.44. The van der Waals surface area contributed by atoms with Gasteiger partial charge in [-0.3, -0.25) is 0 Å². The highest BCUT2D eigenvalue weighted by Crippen LogP contribution is 2.32. The average Bonchev–Trinajstić information content (AvgIpc) is 2.80. The van der Waals surface area contributed by atoms with E-state index in [4.69, 9.17) is 19.9 Å². The molecule has 0 saturated heterocycles. The van der Waals surface area contributed by atoms with E-state index < -0.39 is 0 Å². The molecule has 0 amide bonds. The van der Waals surface area contributed by atoms with Crippen molar-refractivity contribution in [2.75, 3.05) is 53.7 Å². The maximum Gasteiger partial charge on any atom is 0.162 e. The highest BCUT2D eigenvalue weighted by Gasteiger charge is 2.22. The van der Waals surface area contributed by atoms with E-state index in [-0.39, 0.29) is 0 Å². The van der Waals surface area contributed by atoms with Crippen LogP contribution in [0.25, 0.3) is 0 Å². The number of rotatable bonds is 11. The molecule has 0 bridgehead atoms. The summed E-state index contributed by atoms with van der Waals surface area (Å²) in [6, 6.07) is 10.9. The molecule has 170 valence electrons. The fraction of sp³-hybridized carbons (Fsp3) is 0.520. The highest BCUT2D eigenvalue weighted by atomic mass is 16.5. The molecular weight excluding hydrogens is 390 g/mol. The first kappa shape index (κ1) is 23.2. The van der Waals surface area contributed by atoms with Gasteiger partial charge < -0.3 is 30.2 Å². The van der Waals surface area contributed by atoms with Crippen molar-refractivity contribution >= 4 is 5.69 Å². The largest absolute Gasteiger partial charge is 0.497 e. The van der Waals surface area contributed by atoms with E-state index >= 15 is 0 Å². The molecule has 3 rings (SSSR count). The summed E-state index contributed by atoms with van der Waals surface area (Å²) in [4.78, 5) is 2.51. The molecule has 3 N–H and O–H groups in total. The fourth-order valence-electron chi connectivity index (χ4n) is 4.35. The van der Waals surface area contributed by atoms with Gasteiger partial charge in [0.15, 0.2) is 11.5 Å². The molecule has 6 heteroatoms. The van der Waals surface area contributed by atoms with Crippen molar-refractivity contribution in [3.63, 3.8) is 0 Å². The Balaban J connectivity index is 1.38. The minimum absolute atomic E-state index is 0.603. The minimum atomic E-state index is 0.603. The molecule has 0 spiro atoms. The predicted molar refractivity (Wildman–Crippen MR) is 127 cm³/mol. The molecule has 0 fully saturated rings. The molecule has 0 saturated carbocycles. The Morgan fingerprint density at radius 1 is 1.00 bits per heavy atom. The van der Waals surface area contributed by atoms with Gasteiger partial charge in [0.2, 0.25) is 0 Å². The van der Waals surface area contributed by atoms with Crippen LogP contribution in [0.3, 0.4) is 0 Å². The van der Waals surface area contributed by atoms with Crippen molar-refractivity contribution in [3.8, 4) is 17.2 Å². The van der Waals surface area contributed by atoms with Crippen LogP contribution in [0.4, 0.5) is 5.69 Å². The number of nitrogens with two attached hydrogens (primary N) is 1. The number of fused-ring (bicyclic) bond motifs is 1. The maximum atomic E-state index is 6.16. The summed E-state index contributed by atoms with van der Waals surface area (Å²) in [6.07, 6.45) is 5.47. The average molecular weight is 428 g/mol. The quantitative estimate of drug-likeness (QED) is 0.424. The van der Waals surface area contributed by atoms with Crippen molar-refractivity contribution in [1.82, 2.24) is 10.2 Å². The first-order valence-corrected chi connectivity index (χ1v) is 11.1. The summed E-state index contributed by atoms with van der Waals surface area (Å²) in [5.74, 6) is 2.35. The summed E-state index contributed by atoms with van der Waals surface area (Å²) in [5.41, 5.74) is 10.9. The van der Waals surface area contributed by atoms with Gasteiger partial charge >= 0.3 is 0 Å². The highest BCUT2D eigenvalue weighted by molar-refractivity contribution is 5.58. The number of ether oxygens (including phenoxy) is 3. The van der Waals surface area contributed by atoms with Crippen LogP contribution in [0.1, 0.15) is 29.5 Å². The Morgan fingerprint density at radius 2 is 1.77 bits per heavy atom. The smallest absolute Gasteiger partial charge is 0.162 e. The summed E-state index contributed by atoms with van der Waals surface area (Å²) in [7, 11) is 7.26. The van der Waals surface area contributed by atoms with Gasteiger partial charge in [0, 0.05) is 17.8 Å².